The molecule has 5 nitrogen and oxygen atoms in total. The highest BCUT2D eigenvalue weighted by atomic mass is 16.2. The molecule has 2 aromatic carbocycles. The van der Waals surface area contributed by atoms with Crippen molar-refractivity contribution in [2.75, 3.05) is 26.2 Å². The largest absolute Gasteiger partial charge is 0.379 e. The van der Waals surface area contributed by atoms with Gasteiger partial charge in [0.15, 0.2) is 0 Å². The molecule has 2 aromatic rings. The average Bonchev–Trinajstić information content (AvgIpc) is 2.73. The number of rotatable bonds is 5. The maximum atomic E-state index is 12.6. The second-order valence-electron chi connectivity index (χ2n) is 6.13. The zero-order valence-corrected chi connectivity index (χ0v) is 14.6. The summed E-state index contributed by atoms with van der Waals surface area (Å²) in [5.74, 6) is -0.221. The average molecular weight is 346 g/mol. The minimum Gasteiger partial charge on any atom is -0.379 e. The van der Waals surface area contributed by atoms with Gasteiger partial charge in [0.05, 0.1) is 6.04 Å². The highest BCUT2D eigenvalue weighted by Gasteiger charge is 2.21. The minimum absolute atomic E-state index is 0.128. The number of nitrogens with one attached hydrogen (secondary N) is 2. The molecule has 0 bridgehead atoms. The summed E-state index contributed by atoms with van der Waals surface area (Å²) in [5.41, 5.74) is 2.27. The first-order valence-corrected chi connectivity index (χ1v) is 8.76. The molecule has 0 spiro atoms. The van der Waals surface area contributed by atoms with Gasteiger partial charge in [0.1, 0.15) is 11.6 Å². The van der Waals surface area contributed by atoms with Crippen LogP contribution in [0.1, 0.15) is 17.2 Å². The molecule has 1 amide bonds. The third kappa shape index (κ3) is 4.29. The Labute approximate surface area is 153 Å². The predicted octanol–water partition coefficient (Wildman–Crippen LogP) is 2.20. The fraction of sp³-hybridized carbons (Fsp3) is 0.238. The van der Waals surface area contributed by atoms with Crippen molar-refractivity contribution in [1.82, 2.24) is 15.5 Å². The summed E-state index contributed by atoms with van der Waals surface area (Å²) in [6.07, 6.45) is 1.55. The molecule has 0 atom stereocenters. The van der Waals surface area contributed by atoms with Crippen LogP contribution < -0.4 is 10.6 Å². The molecule has 132 valence electrons. The molecule has 1 aliphatic heterocycles. The van der Waals surface area contributed by atoms with Crippen LogP contribution in [-0.2, 0) is 4.79 Å². The van der Waals surface area contributed by atoms with Crippen molar-refractivity contribution in [3.05, 3.63) is 83.6 Å². The number of amides is 1. The lowest BCUT2D eigenvalue weighted by atomic mass is 9.99. The van der Waals surface area contributed by atoms with E-state index in [0.29, 0.717) is 13.1 Å². The topological polar surface area (TPSA) is 68.2 Å². The van der Waals surface area contributed by atoms with Crippen molar-refractivity contribution in [3.8, 4) is 6.07 Å². The predicted molar refractivity (Wildman–Crippen MR) is 101 cm³/mol. The van der Waals surface area contributed by atoms with E-state index in [2.05, 4.69) is 10.6 Å². The van der Waals surface area contributed by atoms with Gasteiger partial charge in [0, 0.05) is 32.4 Å². The quantitative estimate of drug-likeness (QED) is 0.643. The Hall–Kier alpha value is -3.10. The third-order valence-corrected chi connectivity index (χ3v) is 4.42. The lowest BCUT2D eigenvalue weighted by Gasteiger charge is -2.27. The summed E-state index contributed by atoms with van der Waals surface area (Å²) in [7, 11) is 0. The monoisotopic (exact) mass is 346 g/mol. The molecule has 1 saturated heterocycles. The molecule has 0 aromatic heterocycles. The Bertz CT molecular complexity index is 750. The van der Waals surface area contributed by atoms with E-state index in [-0.39, 0.29) is 17.5 Å². The first-order valence-electron chi connectivity index (χ1n) is 8.76. The number of carbonyl (C=O) groups excluding carboxylic acids is 1. The molecule has 1 fully saturated rings. The van der Waals surface area contributed by atoms with Crippen LogP contribution in [-0.4, -0.2) is 37.0 Å². The number of piperazine rings is 1. The molecular weight excluding hydrogens is 324 g/mol. The van der Waals surface area contributed by atoms with E-state index in [4.69, 9.17) is 0 Å². The SMILES string of the molecule is N#C/C(=C/NC(c1ccccc1)c1ccccc1)C(=O)N1CCNCC1. The zero-order valence-electron chi connectivity index (χ0n) is 14.6. The lowest BCUT2D eigenvalue weighted by molar-refractivity contribution is -0.127. The van der Waals surface area contributed by atoms with Gasteiger partial charge < -0.3 is 15.5 Å². The smallest absolute Gasteiger partial charge is 0.266 e. The Morgan fingerprint density at radius 3 is 2.08 bits per heavy atom. The maximum Gasteiger partial charge on any atom is 0.266 e. The Balaban J connectivity index is 1.82. The molecule has 5 heteroatoms. The molecule has 2 N–H and O–H groups in total. The van der Waals surface area contributed by atoms with Gasteiger partial charge in [-0.1, -0.05) is 60.7 Å². The molecule has 0 saturated carbocycles. The van der Waals surface area contributed by atoms with Crippen molar-refractivity contribution in [2.45, 2.75) is 6.04 Å². The van der Waals surface area contributed by atoms with Crippen molar-refractivity contribution in [2.24, 2.45) is 0 Å². The minimum atomic E-state index is -0.221. The van der Waals surface area contributed by atoms with Gasteiger partial charge in [-0.25, -0.2) is 0 Å². The van der Waals surface area contributed by atoms with Crippen LogP contribution >= 0.6 is 0 Å². The maximum absolute atomic E-state index is 12.6. The van der Waals surface area contributed by atoms with E-state index in [0.717, 1.165) is 24.2 Å². The first kappa shape index (κ1) is 17.7. The van der Waals surface area contributed by atoms with Gasteiger partial charge >= 0.3 is 0 Å². The van der Waals surface area contributed by atoms with Gasteiger partial charge in [-0.05, 0) is 11.1 Å². The lowest BCUT2D eigenvalue weighted by Crippen LogP contribution is -2.47. The van der Waals surface area contributed by atoms with Gasteiger partial charge in [-0.3, -0.25) is 4.79 Å². The summed E-state index contributed by atoms with van der Waals surface area (Å²) in [6, 6.07) is 21.9. The summed E-state index contributed by atoms with van der Waals surface area (Å²) in [5, 5.41) is 15.9. The number of nitrogens with zero attached hydrogens (tertiary/aromatic N) is 2. The highest BCUT2D eigenvalue weighted by molar-refractivity contribution is 5.97. The van der Waals surface area contributed by atoms with Crippen molar-refractivity contribution in [1.29, 1.82) is 5.26 Å². The summed E-state index contributed by atoms with van der Waals surface area (Å²) < 4.78 is 0. The van der Waals surface area contributed by atoms with E-state index < -0.39 is 0 Å². The van der Waals surface area contributed by atoms with Crippen molar-refractivity contribution >= 4 is 5.91 Å². The van der Waals surface area contributed by atoms with Crippen LogP contribution in [0.25, 0.3) is 0 Å². The number of benzene rings is 2. The summed E-state index contributed by atoms with van der Waals surface area (Å²) in [4.78, 5) is 14.3. The number of carbonyl (C=O) groups is 1. The van der Waals surface area contributed by atoms with Crippen LogP contribution in [0.3, 0.4) is 0 Å². The van der Waals surface area contributed by atoms with Crippen LogP contribution in [0, 0.1) is 11.3 Å². The van der Waals surface area contributed by atoms with Crippen LogP contribution in [0.2, 0.25) is 0 Å². The highest BCUT2D eigenvalue weighted by Crippen LogP contribution is 2.22. The molecule has 3 rings (SSSR count). The molecular formula is C21H22N4O. The van der Waals surface area contributed by atoms with Crippen LogP contribution in [0.4, 0.5) is 0 Å². The van der Waals surface area contributed by atoms with E-state index in [1.54, 1.807) is 11.1 Å². The molecule has 0 aliphatic carbocycles. The summed E-state index contributed by atoms with van der Waals surface area (Å²) >= 11 is 0. The van der Waals surface area contributed by atoms with Crippen molar-refractivity contribution in [3.63, 3.8) is 0 Å². The first-order chi connectivity index (χ1) is 12.8. The Morgan fingerprint density at radius 2 is 1.58 bits per heavy atom. The number of hydrogen-bond acceptors (Lipinski definition) is 4. The molecule has 0 radical (unpaired) electrons. The van der Waals surface area contributed by atoms with E-state index in [1.807, 2.05) is 66.7 Å². The van der Waals surface area contributed by atoms with Gasteiger partial charge in [-0.2, -0.15) is 5.26 Å². The Kier molecular flexibility index (Phi) is 6.02. The van der Waals surface area contributed by atoms with Crippen LogP contribution in [0.5, 0.6) is 0 Å². The van der Waals surface area contributed by atoms with E-state index in [9.17, 15) is 10.1 Å². The third-order valence-electron chi connectivity index (χ3n) is 4.42. The van der Waals surface area contributed by atoms with Gasteiger partial charge in [-0.15, -0.1) is 0 Å². The standard InChI is InChI=1S/C21H22N4O/c22-15-19(21(26)25-13-11-23-12-14-25)16-24-20(17-7-3-1-4-8-17)18-9-5-2-6-10-18/h1-10,16,20,23-24H,11-14H2/b19-16-. The summed E-state index contributed by atoms with van der Waals surface area (Å²) in [6.45, 7) is 2.76. The van der Waals surface area contributed by atoms with Gasteiger partial charge in [0.25, 0.3) is 5.91 Å². The molecule has 1 heterocycles. The van der Waals surface area contributed by atoms with Crippen molar-refractivity contribution < 1.29 is 4.79 Å². The second-order valence-corrected chi connectivity index (χ2v) is 6.13. The second kappa shape index (κ2) is 8.84. The number of nitriles is 1. The Morgan fingerprint density at radius 1 is 1.04 bits per heavy atom. The van der Waals surface area contributed by atoms with E-state index >= 15 is 0 Å². The normalized spacial score (nSPS) is 14.8. The molecule has 1 aliphatic rings. The van der Waals surface area contributed by atoms with Gasteiger partial charge in [0.2, 0.25) is 0 Å². The zero-order chi connectivity index (χ0) is 18.2. The molecule has 26 heavy (non-hydrogen) atoms. The van der Waals surface area contributed by atoms with Crippen LogP contribution in [0.15, 0.2) is 72.4 Å². The fourth-order valence-corrected chi connectivity index (χ4v) is 3.02. The number of hydrogen-bond donors (Lipinski definition) is 2. The molecule has 0 unspecified atom stereocenters. The fourth-order valence-electron chi connectivity index (χ4n) is 3.02. The van der Waals surface area contributed by atoms with E-state index in [1.165, 1.54) is 0 Å².